The Morgan fingerprint density at radius 3 is 2.60 bits per heavy atom. The van der Waals surface area contributed by atoms with E-state index in [2.05, 4.69) is 20.9 Å². The maximum absolute atomic E-state index is 2.40. The summed E-state index contributed by atoms with van der Waals surface area (Å²) in [6, 6.07) is 0.917. The van der Waals surface area contributed by atoms with Gasteiger partial charge in [0.1, 0.15) is 0 Å². The van der Waals surface area contributed by atoms with Crippen molar-refractivity contribution in [3.63, 3.8) is 0 Å². The van der Waals surface area contributed by atoms with Crippen molar-refractivity contribution in [2.24, 2.45) is 0 Å². The summed E-state index contributed by atoms with van der Waals surface area (Å²) in [5, 5.41) is 0. The van der Waals surface area contributed by atoms with Crippen molar-refractivity contribution in [2.75, 3.05) is 20.1 Å². The van der Waals surface area contributed by atoms with Gasteiger partial charge in [-0.05, 0) is 13.3 Å². The third-order valence-electron chi connectivity index (χ3n) is 3.09. The molecule has 0 N–H and O–H groups in total. The molecule has 1 heteroatoms. The highest BCUT2D eigenvalue weighted by atomic mass is 15.4. The first-order valence-electron chi connectivity index (χ1n) is 4.53. The van der Waals surface area contributed by atoms with Crippen LogP contribution in [0.3, 0.4) is 0 Å². The van der Waals surface area contributed by atoms with E-state index in [1.54, 1.807) is 0 Å². The van der Waals surface area contributed by atoms with Crippen LogP contribution in [0.1, 0.15) is 33.1 Å². The first-order chi connectivity index (χ1) is 4.69. The number of nitrogens with zero attached hydrogens (tertiary/aromatic N) is 1. The van der Waals surface area contributed by atoms with Gasteiger partial charge in [0.15, 0.2) is 0 Å². The van der Waals surface area contributed by atoms with Crippen LogP contribution in [0.15, 0.2) is 0 Å². The van der Waals surface area contributed by atoms with Crippen LogP contribution in [-0.4, -0.2) is 30.7 Å². The quantitative estimate of drug-likeness (QED) is 0.517. The van der Waals surface area contributed by atoms with Gasteiger partial charge in [0.2, 0.25) is 0 Å². The molecule has 0 spiro atoms. The van der Waals surface area contributed by atoms with Crippen LogP contribution in [0.5, 0.6) is 0 Å². The Kier molecular flexibility index (Phi) is 2.35. The maximum Gasteiger partial charge on any atom is 0.0861 e. The lowest BCUT2D eigenvalue weighted by molar-refractivity contribution is -0.919. The minimum absolute atomic E-state index is 0.917. The van der Waals surface area contributed by atoms with Crippen molar-refractivity contribution in [1.29, 1.82) is 0 Å². The molecule has 1 aliphatic heterocycles. The van der Waals surface area contributed by atoms with Gasteiger partial charge in [-0.3, -0.25) is 0 Å². The molecule has 2 unspecified atom stereocenters. The van der Waals surface area contributed by atoms with Crippen molar-refractivity contribution in [3.8, 4) is 0 Å². The molecular weight excluding hydrogens is 122 g/mol. The van der Waals surface area contributed by atoms with Gasteiger partial charge in [-0.1, -0.05) is 6.92 Å². The van der Waals surface area contributed by atoms with E-state index in [1.165, 1.54) is 36.8 Å². The van der Waals surface area contributed by atoms with E-state index in [0.717, 1.165) is 6.04 Å². The fourth-order valence-electron chi connectivity index (χ4n) is 2.12. The van der Waals surface area contributed by atoms with Crippen LogP contribution in [-0.2, 0) is 0 Å². The minimum Gasteiger partial charge on any atom is -0.324 e. The first-order valence-corrected chi connectivity index (χ1v) is 4.53. The van der Waals surface area contributed by atoms with E-state index in [0.29, 0.717) is 0 Å². The molecule has 60 valence electrons. The molecule has 10 heavy (non-hydrogen) atoms. The molecule has 0 bridgehead atoms. The molecule has 1 heterocycles. The molecule has 0 aliphatic carbocycles. The summed E-state index contributed by atoms with van der Waals surface area (Å²) < 4.78 is 1.33. The van der Waals surface area contributed by atoms with Crippen LogP contribution in [0.2, 0.25) is 0 Å². The second kappa shape index (κ2) is 2.91. The van der Waals surface area contributed by atoms with Crippen molar-refractivity contribution in [2.45, 2.75) is 39.2 Å². The van der Waals surface area contributed by atoms with Crippen molar-refractivity contribution >= 4 is 0 Å². The van der Waals surface area contributed by atoms with Gasteiger partial charge in [-0.25, -0.2) is 0 Å². The monoisotopic (exact) mass is 142 g/mol. The summed E-state index contributed by atoms with van der Waals surface area (Å²) in [4.78, 5) is 0. The van der Waals surface area contributed by atoms with Crippen LogP contribution >= 0.6 is 0 Å². The number of hydrogen-bond acceptors (Lipinski definition) is 0. The largest absolute Gasteiger partial charge is 0.324 e. The fraction of sp³-hybridized carbons (Fsp3) is 1.00. The zero-order chi connectivity index (χ0) is 7.61. The van der Waals surface area contributed by atoms with Crippen LogP contribution < -0.4 is 0 Å². The Hall–Kier alpha value is -0.0400. The molecule has 0 radical (unpaired) electrons. The van der Waals surface area contributed by atoms with Gasteiger partial charge in [0, 0.05) is 12.8 Å². The van der Waals surface area contributed by atoms with Gasteiger partial charge in [0.05, 0.1) is 26.2 Å². The number of likely N-dealkylation sites (tertiary alicyclic amines) is 1. The highest BCUT2D eigenvalue weighted by Crippen LogP contribution is 2.24. The zero-order valence-corrected chi connectivity index (χ0v) is 7.56. The van der Waals surface area contributed by atoms with Crippen molar-refractivity contribution < 1.29 is 4.48 Å². The molecule has 0 aromatic rings. The molecule has 1 nitrogen and oxygen atoms in total. The lowest BCUT2D eigenvalue weighted by atomic mass is 10.2. The summed E-state index contributed by atoms with van der Waals surface area (Å²) in [6.45, 7) is 7.47. The van der Waals surface area contributed by atoms with Crippen molar-refractivity contribution in [1.82, 2.24) is 0 Å². The average molecular weight is 142 g/mol. The van der Waals surface area contributed by atoms with Crippen LogP contribution in [0.4, 0.5) is 0 Å². The lowest BCUT2D eigenvalue weighted by Gasteiger charge is -2.34. The Bertz CT molecular complexity index is 111. The van der Waals surface area contributed by atoms with E-state index in [-0.39, 0.29) is 0 Å². The second-order valence-electron chi connectivity index (χ2n) is 3.92. The Morgan fingerprint density at radius 1 is 1.50 bits per heavy atom. The normalized spacial score (nSPS) is 40.5. The molecule has 2 atom stereocenters. The highest BCUT2D eigenvalue weighted by molar-refractivity contribution is 4.61. The van der Waals surface area contributed by atoms with Gasteiger partial charge >= 0.3 is 0 Å². The topological polar surface area (TPSA) is 0 Å². The van der Waals surface area contributed by atoms with Gasteiger partial charge in [-0.2, -0.15) is 0 Å². The van der Waals surface area contributed by atoms with E-state index >= 15 is 0 Å². The third-order valence-corrected chi connectivity index (χ3v) is 3.09. The second-order valence-corrected chi connectivity index (χ2v) is 3.92. The predicted octanol–water partition coefficient (Wildman–Crippen LogP) is 2.03. The van der Waals surface area contributed by atoms with E-state index in [1.807, 2.05) is 0 Å². The first kappa shape index (κ1) is 8.06. The summed E-state index contributed by atoms with van der Waals surface area (Å²) >= 11 is 0. The molecule has 1 saturated heterocycles. The summed E-state index contributed by atoms with van der Waals surface area (Å²) in [7, 11) is 2.40. The SMILES string of the molecule is CCC[N+]1(C)CCCC1C. The molecule has 0 amide bonds. The van der Waals surface area contributed by atoms with E-state index < -0.39 is 0 Å². The molecule has 1 fully saturated rings. The predicted molar refractivity (Wildman–Crippen MR) is 44.9 cm³/mol. The highest BCUT2D eigenvalue weighted by Gasteiger charge is 2.33. The molecule has 1 aliphatic rings. The van der Waals surface area contributed by atoms with Crippen LogP contribution in [0.25, 0.3) is 0 Å². The average Bonchev–Trinajstić information content (AvgIpc) is 2.15. The zero-order valence-electron chi connectivity index (χ0n) is 7.56. The Labute approximate surface area is 64.6 Å². The minimum atomic E-state index is 0.917. The summed E-state index contributed by atoms with van der Waals surface area (Å²) in [6.07, 6.45) is 4.22. The molecular formula is C9H20N+. The number of quaternary nitrogens is 1. The Morgan fingerprint density at radius 2 is 2.20 bits per heavy atom. The third kappa shape index (κ3) is 1.34. The maximum atomic E-state index is 2.40. The molecule has 0 saturated carbocycles. The lowest BCUT2D eigenvalue weighted by Crippen LogP contribution is -2.46. The van der Waals surface area contributed by atoms with Crippen LogP contribution in [0, 0.1) is 0 Å². The molecule has 0 aromatic carbocycles. The number of hydrogen-bond donors (Lipinski definition) is 0. The van der Waals surface area contributed by atoms with Gasteiger partial charge in [0.25, 0.3) is 0 Å². The Balaban J connectivity index is 2.48. The van der Waals surface area contributed by atoms with E-state index in [9.17, 15) is 0 Å². The van der Waals surface area contributed by atoms with Crippen molar-refractivity contribution in [3.05, 3.63) is 0 Å². The standard InChI is InChI=1S/C9H20N/c1-4-7-10(3)8-5-6-9(10)2/h9H,4-8H2,1-3H3/q+1. The summed E-state index contributed by atoms with van der Waals surface area (Å²) in [5.74, 6) is 0. The van der Waals surface area contributed by atoms with Gasteiger partial charge in [-0.15, -0.1) is 0 Å². The van der Waals surface area contributed by atoms with Gasteiger partial charge < -0.3 is 4.48 Å². The van der Waals surface area contributed by atoms with E-state index in [4.69, 9.17) is 0 Å². The molecule has 0 aromatic heterocycles. The number of rotatable bonds is 2. The molecule has 1 rings (SSSR count). The smallest absolute Gasteiger partial charge is 0.0861 e. The fourth-order valence-corrected chi connectivity index (χ4v) is 2.12. The summed E-state index contributed by atoms with van der Waals surface area (Å²) in [5.41, 5.74) is 0.